The van der Waals surface area contributed by atoms with E-state index >= 15 is 0 Å². The van der Waals surface area contributed by atoms with Crippen molar-refractivity contribution in [1.82, 2.24) is 0 Å². The Balaban J connectivity index is -0.0000000118. The van der Waals surface area contributed by atoms with E-state index in [4.69, 9.17) is 150 Å². The van der Waals surface area contributed by atoms with E-state index in [1.807, 2.05) is 0 Å². The van der Waals surface area contributed by atoms with E-state index in [1.165, 1.54) is 0 Å². The Bertz CT molecular complexity index is 504. The number of carbonyl (C=O) groups is 10. The molecule has 43 heavy (non-hydrogen) atoms. The van der Waals surface area contributed by atoms with E-state index in [-0.39, 0.29) is 122 Å². The van der Waals surface area contributed by atoms with Gasteiger partial charge < -0.3 is 111 Å². The molecule has 0 heterocycles. The molecule has 0 amide bonds. The zero-order valence-electron chi connectivity index (χ0n) is 26.1. The minimum atomic E-state index is -1.83. The quantitative estimate of drug-likeness (QED) is 0.157. The van der Waals surface area contributed by atoms with Crippen LogP contribution in [0.15, 0.2) is 0 Å². The van der Waals surface area contributed by atoms with Crippen molar-refractivity contribution in [3.8, 4) is 0 Å². The van der Waals surface area contributed by atoms with Crippen molar-refractivity contribution in [1.29, 1.82) is 0 Å². The minimum absolute atomic E-state index is 0. The molecule has 0 saturated carbocycles. The molecule has 0 radical (unpaired) electrons. The fraction of sp³-hybridized carbons (Fsp3) is 0. The van der Waals surface area contributed by atoms with Crippen molar-refractivity contribution in [3.63, 3.8) is 0 Å². The van der Waals surface area contributed by atoms with E-state index < -0.39 is 61.6 Å². The molecule has 0 aliphatic heterocycles. The molecule has 0 aromatic heterocycles. The third kappa shape index (κ3) is 4130. The average Bonchev–Trinajstić information content (AvgIpc) is 2.47. The summed E-state index contributed by atoms with van der Waals surface area (Å²) in [5.41, 5.74) is 0. The standard InChI is InChI=1S/10CH2O3.3Ca.6H/c10*2-1(3)4;;;;;;;;;/h10*(H2,2,3,4);;;;;;;;;/q;;;;;;;;;;3*+2;6*-1. The van der Waals surface area contributed by atoms with Crippen molar-refractivity contribution in [2.45, 2.75) is 0 Å². The van der Waals surface area contributed by atoms with Crippen molar-refractivity contribution >= 4 is 175 Å². The van der Waals surface area contributed by atoms with E-state index in [0.29, 0.717) is 0 Å². The second-order valence-corrected chi connectivity index (χ2v) is 2.83. The van der Waals surface area contributed by atoms with Gasteiger partial charge in [-0.2, -0.15) is 0 Å². The summed E-state index contributed by atoms with van der Waals surface area (Å²) in [4.78, 5) is 85.6. The van der Waals surface area contributed by atoms with Gasteiger partial charge in [0.25, 0.3) is 0 Å². The fourth-order valence-electron chi connectivity index (χ4n) is 0. The first kappa shape index (κ1) is 83.4. The smallest absolute Gasteiger partial charge is 1.00 e. The van der Waals surface area contributed by atoms with Gasteiger partial charge in [0.1, 0.15) is 0 Å². The predicted octanol–water partition coefficient (Wildman–Crippen LogP) is 1.76. The van der Waals surface area contributed by atoms with E-state index in [9.17, 15) is 0 Å². The zero-order valence-corrected chi connectivity index (χ0v) is 26.8. The van der Waals surface area contributed by atoms with Crippen LogP contribution < -0.4 is 0 Å². The zero-order chi connectivity index (χ0) is 35.8. The molecular formula is C10H26Ca3O30. The molecule has 30 nitrogen and oxygen atoms in total. The summed E-state index contributed by atoms with van der Waals surface area (Å²) in [5.74, 6) is 0. The maximum atomic E-state index is 8.56. The van der Waals surface area contributed by atoms with Crippen LogP contribution in [0.1, 0.15) is 8.56 Å². The van der Waals surface area contributed by atoms with Gasteiger partial charge in [-0.25, -0.2) is 47.9 Å². The van der Waals surface area contributed by atoms with E-state index in [1.54, 1.807) is 0 Å². The molecule has 0 fully saturated rings. The molecule has 0 bridgehead atoms. The van der Waals surface area contributed by atoms with Crippen molar-refractivity contribution < 1.29 is 159 Å². The molecule has 0 aromatic rings. The topological polar surface area (TPSA) is 575 Å². The molecule has 20 N–H and O–H groups in total. The summed E-state index contributed by atoms with van der Waals surface area (Å²) >= 11 is 0. The van der Waals surface area contributed by atoms with Gasteiger partial charge in [0.15, 0.2) is 0 Å². The summed E-state index contributed by atoms with van der Waals surface area (Å²) in [6.07, 6.45) is -18.3. The molecule has 0 rings (SSSR count). The summed E-state index contributed by atoms with van der Waals surface area (Å²) in [6, 6.07) is 0. The van der Waals surface area contributed by atoms with Gasteiger partial charge in [-0.1, -0.05) is 0 Å². The molecule has 0 atom stereocenters. The third-order valence-corrected chi connectivity index (χ3v) is 0. The predicted molar refractivity (Wildman–Crippen MR) is 130 cm³/mol. The van der Waals surface area contributed by atoms with Gasteiger partial charge in [0.05, 0.1) is 0 Å². The van der Waals surface area contributed by atoms with Gasteiger partial charge in [-0.15, -0.1) is 0 Å². The Kier molecular flexibility index (Phi) is 149. The molecular weight excluding hydrogens is 720 g/mol. The van der Waals surface area contributed by atoms with Crippen LogP contribution in [-0.2, 0) is 0 Å². The number of hydrogen-bond acceptors (Lipinski definition) is 10. The van der Waals surface area contributed by atoms with Crippen molar-refractivity contribution in [3.05, 3.63) is 0 Å². The van der Waals surface area contributed by atoms with Gasteiger partial charge >= 0.3 is 175 Å². The fourth-order valence-corrected chi connectivity index (χ4v) is 0. The molecule has 33 heteroatoms. The number of hydrogen-bond donors (Lipinski definition) is 20. The molecule has 0 aliphatic carbocycles. The second-order valence-electron chi connectivity index (χ2n) is 2.83. The summed E-state index contributed by atoms with van der Waals surface area (Å²) in [5, 5.41) is 139. The van der Waals surface area contributed by atoms with Crippen LogP contribution in [0, 0.1) is 0 Å². The van der Waals surface area contributed by atoms with Crippen LogP contribution in [0.4, 0.5) is 47.9 Å². The number of rotatable bonds is 0. The van der Waals surface area contributed by atoms with E-state index in [0.717, 1.165) is 0 Å². The van der Waals surface area contributed by atoms with Crippen LogP contribution in [0.3, 0.4) is 0 Å². The van der Waals surface area contributed by atoms with Crippen LogP contribution in [0.5, 0.6) is 0 Å². The largest absolute Gasteiger partial charge is 2.00 e. The van der Waals surface area contributed by atoms with E-state index in [2.05, 4.69) is 0 Å². The summed E-state index contributed by atoms with van der Waals surface area (Å²) in [7, 11) is 0. The molecule has 0 spiro atoms. The van der Waals surface area contributed by atoms with Crippen molar-refractivity contribution in [2.24, 2.45) is 0 Å². The maximum Gasteiger partial charge on any atom is 2.00 e. The summed E-state index contributed by atoms with van der Waals surface area (Å²) < 4.78 is 0. The SMILES string of the molecule is O=C(O)O.O=C(O)O.O=C(O)O.O=C(O)O.O=C(O)O.O=C(O)O.O=C(O)O.O=C(O)O.O=C(O)O.O=C(O)O.[Ca+2].[Ca+2].[Ca+2].[H-].[H-].[H-].[H-].[H-].[H-]. The maximum absolute atomic E-state index is 8.56. The first-order valence-electron chi connectivity index (χ1n) is 6.51. The minimum Gasteiger partial charge on any atom is -1.00 e. The van der Waals surface area contributed by atoms with Gasteiger partial charge in [0, 0.05) is 0 Å². The molecule has 0 aromatic carbocycles. The normalized spacial score (nSPS) is 5.58. The van der Waals surface area contributed by atoms with Crippen LogP contribution in [0.25, 0.3) is 0 Å². The Labute approximate surface area is 330 Å². The average molecular weight is 747 g/mol. The number of carboxylic acid groups (broad SMARTS) is 20. The first-order chi connectivity index (χ1) is 17.3. The Morgan fingerprint density at radius 3 is 0.186 bits per heavy atom. The Hall–Kier alpha value is -3.52. The summed E-state index contributed by atoms with van der Waals surface area (Å²) in [6.45, 7) is 0. The van der Waals surface area contributed by atoms with Gasteiger partial charge in [-0.3, -0.25) is 0 Å². The van der Waals surface area contributed by atoms with Gasteiger partial charge in [0.2, 0.25) is 0 Å². The molecule has 0 aliphatic rings. The van der Waals surface area contributed by atoms with Crippen LogP contribution in [0.2, 0.25) is 0 Å². The molecule has 0 saturated heterocycles. The van der Waals surface area contributed by atoms with Crippen LogP contribution in [-0.4, -0.2) is 277 Å². The second kappa shape index (κ2) is 77.1. The van der Waals surface area contributed by atoms with Crippen molar-refractivity contribution in [2.75, 3.05) is 0 Å². The molecule has 252 valence electrons. The monoisotopic (exact) mass is 746 g/mol. The Morgan fingerprint density at radius 2 is 0.186 bits per heavy atom. The molecule has 0 unspecified atom stereocenters. The third-order valence-electron chi connectivity index (χ3n) is 0. The van der Waals surface area contributed by atoms with Crippen LogP contribution >= 0.6 is 0 Å². The van der Waals surface area contributed by atoms with Gasteiger partial charge in [-0.05, 0) is 0 Å². The Morgan fingerprint density at radius 1 is 0.186 bits per heavy atom. The first-order valence-corrected chi connectivity index (χ1v) is 6.51.